The highest BCUT2D eigenvalue weighted by molar-refractivity contribution is 6.35. The van der Waals surface area contributed by atoms with Crippen molar-refractivity contribution in [1.29, 1.82) is 0 Å². The second kappa shape index (κ2) is 5.75. The highest BCUT2D eigenvalue weighted by Crippen LogP contribution is 2.43. The molecule has 0 aliphatic carbocycles. The Hall–Kier alpha value is -1.43. The second-order valence-corrected chi connectivity index (χ2v) is 5.89. The van der Waals surface area contributed by atoms with E-state index >= 15 is 0 Å². The molecule has 7 heteroatoms. The van der Waals surface area contributed by atoms with E-state index in [1.54, 1.807) is 23.1 Å². The largest absolute Gasteiger partial charge is 0.358 e. The molecule has 0 N–H and O–H groups in total. The van der Waals surface area contributed by atoms with Gasteiger partial charge in [0.05, 0.1) is 6.54 Å². The Morgan fingerprint density at radius 2 is 2.33 bits per heavy atom. The smallest absolute Gasteiger partial charge is 0.148 e. The van der Waals surface area contributed by atoms with Crippen molar-refractivity contribution in [2.75, 3.05) is 0 Å². The molecule has 3 rings (SSSR count). The monoisotopic (exact) mass is 325 g/mol. The molecule has 110 valence electrons. The maximum Gasteiger partial charge on any atom is 0.148 e. The van der Waals surface area contributed by atoms with Crippen LogP contribution < -0.4 is 0 Å². The summed E-state index contributed by atoms with van der Waals surface area (Å²) in [6, 6.07) is 5.29. The number of halogens is 2. The van der Waals surface area contributed by atoms with Crippen LogP contribution in [0.4, 0.5) is 0 Å². The number of aldehydes is 1. The highest BCUT2D eigenvalue weighted by Gasteiger charge is 2.43. The van der Waals surface area contributed by atoms with Gasteiger partial charge in [0.1, 0.15) is 30.6 Å². The van der Waals surface area contributed by atoms with Crippen molar-refractivity contribution in [3.63, 3.8) is 0 Å². The summed E-state index contributed by atoms with van der Waals surface area (Å²) in [6.07, 6.45) is 4.80. The van der Waals surface area contributed by atoms with Crippen molar-refractivity contribution in [2.24, 2.45) is 0 Å². The molecular weight excluding hydrogens is 313 g/mol. The standard InChI is InChI=1S/C14H13Cl2N3O2/c15-10-1-2-12(13(16)5-10)14(4-3-11(6-20)21-14)7-19-9-17-8-18-19/h1-2,5-6,8-9,11H,3-4,7H2/t11-,14+/m0/s1. The Morgan fingerprint density at radius 1 is 1.48 bits per heavy atom. The fourth-order valence-electron chi connectivity index (χ4n) is 2.71. The summed E-state index contributed by atoms with van der Waals surface area (Å²) in [5.41, 5.74) is 0.120. The first kappa shape index (κ1) is 14.5. The first-order valence-corrected chi connectivity index (χ1v) is 7.30. The van der Waals surface area contributed by atoms with Crippen molar-refractivity contribution in [3.05, 3.63) is 46.5 Å². The van der Waals surface area contributed by atoms with Crippen molar-refractivity contribution >= 4 is 29.5 Å². The maximum absolute atomic E-state index is 11.1. The Kier molecular flexibility index (Phi) is 3.97. The van der Waals surface area contributed by atoms with E-state index in [0.29, 0.717) is 29.4 Å². The molecule has 2 heterocycles. The number of ether oxygens (including phenoxy) is 1. The molecule has 1 aromatic carbocycles. The van der Waals surface area contributed by atoms with Crippen LogP contribution in [0.15, 0.2) is 30.9 Å². The number of rotatable bonds is 4. The van der Waals surface area contributed by atoms with Crippen LogP contribution in [0, 0.1) is 0 Å². The average molecular weight is 326 g/mol. The average Bonchev–Trinajstić information content (AvgIpc) is 3.09. The number of carbonyl (C=O) groups is 1. The predicted octanol–water partition coefficient (Wildman–Crippen LogP) is 2.86. The summed E-state index contributed by atoms with van der Waals surface area (Å²) >= 11 is 12.3. The van der Waals surface area contributed by atoms with E-state index in [4.69, 9.17) is 27.9 Å². The molecule has 0 spiro atoms. The molecule has 1 saturated heterocycles. The summed E-state index contributed by atoms with van der Waals surface area (Å²) < 4.78 is 7.67. The van der Waals surface area contributed by atoms with Gasteiger partial charge >= 0.3 is 0 Å². The quantitative estimate of drug-likeness (QED) is 0.811. The van der Waals surface area contributed by atoms with E-state index in [9.17, 15) is 4.79 Å². The van der Waals surface area contributed by atoms with Gasteiger partial charge in [0.2, 0.25) is 0 Å². The molecule has 21 heavy (non-hydrogen) atoms. The van der Waals surface area contributed by atoms with E-state index in [1.165, 1.54) is 6.33 Å². The lowest BCUT2D eigenvalue weighted by molar-refractivity contribution is -0.124. The van der Waals surface area contributed by atoms with Crippen LogP contribution in [0.25, 0.3) is 0 Å². The van der Waals surface area contributed by atoms with Crippen molar-refractivity contribution in [1.82, 2.24) is 14.8 Å². The molecule has 2 atom stereocenters. The van der Waals surface area contributed by atoms with Gasteiger partial charge < -0.3 is 9.53 Å². The van der Waals surface area contributed by atoms with E-state index in [0.717, 1.165) is 11.8 Å². The van der Waals surface area contributed by atoms with Crippen molar-refractivity contribution < 1.29 is 9.53 Å². The third kappa shape index (κ3) is 2.81. The number of hydrogen-bond acceptors (Lipinski definition) is 4. The normalized spacial score (nSPS) is 25.1. The molecule has 1 fully saturated rings. The maximum atomic E-state index is 11.1. The Labute approximate surface area is 131 Å². The Balaban J connectivity index is 2.01. The van der Waals surface area contributed by atoms with Crippen LogP contribution in [-0.2, 0) is 21.7 Å². The molecule has 0 bridgehead atoms. The van der Waals surface area contributed by atoms with Crippen LogP contribution in [0.3, 0.4) is 0 Å². The van der Waals surface area contributed by atoms with E-state index < -0.39 is 11.7 Å². The van der Waals surface area contributed by atoms with Gasteiger partial charge in [-0.25, -0.2) is 9.67 Å². The van der Waals surface area contributed by atoms with Gasteiger partial charge in [-0.2, -0.15) is 5.10 Å². The predicted molar refractivity (Wildman–Crippen MR) is 78.3 cm³/mol. The number of nitrogens with zero attached hydrogens (tertiary/aromatic N) is 3. The fraction of sp³-hybridized carbons (Fsp3) is 0.357. The lowest BCUT2D eigenvalue weighted by Crippen LogP contribution is -2.33. The minimum atomic E-state index is -0.694. The topological polar surface area (TPSA) is 57.0 Å². The van der Waals surface area contributed by atoms with Crippen LogP contribution in [0.5, 0.6) is 0 Å². The zero-order valence-corrected chi connectivity index (χ0v) is 12.6. The minimum Gasteiger partial charge on any atom is -0.358 e. The molecule has 5 nitrogen and oxygen atoms in total. The summed E-state index contributed by atoms with van der Waals surface area (Å²) in [5, 5.41) is 5.20. The molecule has 1 aliphatic heterocycles. The molecule has 0 radical (unpaired) electrons. The van der Waals surface area contributed by atoms with Crippen LogP contribution in [0.2, 0.25) is 10.0 Å². The number of benzene rings is 1. The lowest BCUT2D eigenvalue weighted by atomic mass is 9.90. The Morgan fingerprint density at radius 3 is 2.95 bits per heavy atom. The van der Waals surface area contributed by atoms with E-state index in [1.807, 2.05) is 6.07 Å². The van der Waals surface area contributed by atoms with Gasteiger partial charge in [-0.1, -0.05) is 29.3 Å². The van der Waals surface area contributed by atoms with Crippen molar-refractivity contribution in [2.45, 2.75) is 31.1 Å². The lowest BCUT2D eigenvalue weighted by Gasteiger charge is -2.30. The summed E-state index contributed by atoms with van der Waals surface area (Å²) in [5.74, 6) is 0. The van der Waals surface area contributed by atoms with Crippen molar-refractivity contribution in [3.8, 4) is 0 Å². The first-order chi connectivity index (χ1) is 10.1. The molecule has 1 aromatic heterocycles. The molecule has 0 saturated carbocycles. The fourth-order valence-corrected chi connectivity index (χ4v) is 3.29. The second-order valence-electron chi connectivity index (χ2n) is 5.04. The number of hydrogen-bond donors (Lipinski definition) is 0. The summed E-state index contributed by atoms with van der Waals surface area (Å²) in [6.45, 7) is 0.443. The van der Waals surface area contributed by atoms with Crippen LogP contribution in [0.1, 0.15) is 18.4 Å². The molecular formula is C14H13Cl2N3O2. The highest BCUT2D eigenvalue weighted by atomic mass is 35.5. The number of aromatic nitrogens is 3. The molecule has 1 aliphatic rings. The third-order valence-corrected chi connectivity index (χ3v) is 4.22. The van der Waals surface area contributed by atoms with E-state index in [-0.39, 0.29) is 0 Å². The zero-order chi connectivity index (χ0) is 14.9. The first-order valence-electron chi connectivity index (χ1n) is 6.54. The molecule has 2 aromatic rings. The third-order valence-electron chi connectivity index (χ3n) is 3.67. The zero-order valence-electron chi connectivity index (χ0n) is 11.1. The van der Waals surface area contributed by atoms with Gasteiger partial charge in [-0.05, 0) is 25.0 Å². The van der Waals surface area contributed by atoms with Crippen LogP contribution in [-0.4, -0.2) is 27.2 Å². The summed E-state index contributed by atoms with van der Waals surface area (Å²) in [4.78, 5) is 15.0. The minimum absolute atomic E-state index is 0.430. The van der Waals surface area contributed by atoms with Crippen LogP contribution >= 0.6 is 23.2 Å². The van der Waals surface area contributed by atoms with Gasteiger partial charge in [-0.15, -0.1) is 0 Å². The molecule has 0 amide bonds. The van der Waals surface area contributed by atoms with Gasteiger partial charge in [0.15, 0.2) is 0 Å². The Bertz CT molecular complexity index is 648. The van der Waals surface area contributed by atoms with Gasteiger partial charge in [-0.3, -0.25) is 0 Å². The summed E-state index contributed by atoms with van der Waals surface area (Å²) in [7, 11) is 0. The van der Waals surface area contributed by atoms with Gasteiger partial charge in [0.25, 0.3) is 0 Å². The van der Waals surface area contributed by atoms with Gasteiger partial charge in [0, 0.05) is 15.6 Å². The van der Waals surface area contributed by atoms with E-state index in [2.05, 4.69) is 10.1 Å². The number of carbonyl (C=O) groups excluding carboxylic acids is 1. The SMILES string of the molecule is O=C[C@@H]1CC[C@@](Cn2cncn2)(c2ccc(Cl)cc2Cl)O1. The molecule has 0 unspecified atom stereocenters.